The first-order chi connectivity index (χ1) is 16.7. The fourth-order valence-corrected chi connectivity index (χ4v) is 4.27. The van der Waals surface area contributed by atoms with Gasteiger partial charge in [-0.1, -0.05) is 24.3 Å². The fraction of sp³-hybridized carbons (Fsp3) is 0.379. The number of fused-ring (bicyclic) bond motifs is 1. The van der Waals surface area contributed by atoms with Crippen molar-refractivity contribution in [3.8, 4) is 0 Å². The highest BCUT2D eigenvalue weighted by Crippen LogP contribution is 2.17. The Balaban J connectivity index is 1.70. The molecule has 3 aromatic rings. The van der Waals surface area contributed by atoms with Gasteiger partial charge in [0.15, 0.2) is 0 Å². The molecular weight excluding hydrogens is 420 g/mol. The maximum absolute atomic E-state index is 11.8. The molecule has 0 saturated heterocycles. The van der Waals surface area contributed by atoms with Gasteiger partial charge in [-0.05, 0) is 62.6 Å². The number of nitrogens with two attached hydrogens (primary N) is 1. The standard InChI is InChI=1S/C29H38N4O/c1-3-32(4-2)26-17-13-24(14-18-26)15-19-27-20-16-25-10-7-8-11-28(25)33(27)23-9-5-6-12-29(34)31-22-21-30/h7-8,10-11,13-20H,3-6,9,12,21-23,30H2,1-2H3/p+1. The Labute approximate surface area is 204 Å². The third-order valence-corrected chi connectivity index (χ3v) is 6.19. The van der Waals surface area contributed by atoms with Crippen LogP contribution in [0.4, 0.5) is 5.69 Å². The zero-order valence-electron chi connectivity index (χ0n) is 20.7. The van der Waals surface area contributed by atoms with Gasteiger partial charge in [0.05, 0.1) is 0 Å². The molecule has 0 radical (unpaired) electrons. The summed E-state index contributed by atoms with van der Waals surface area (Å²) in [5.74, 6) is 0.0962. The van der Waals surface area contributed by atoms with E-state index < -0.39 is 0 Å². The number of aromatic nitrogens is 1. The largest absolute Gasteiger partial charge is 0.372 e. The fourth-order valence-electron chi connectivity index (χ4n) is 4.27. The van der Waals surface area contributed by atoms with Crippen LogP contribution in [-0.4, -0.2) is 32.1 Å². The number of carbonyl (C=O) groups excluding carboxylic acids is 1. The predicted molar refractivity (Wildman–Crippen MR) is 144 cm³/mol. The highest BCUT2D eigenvalue weighted by Gasteiger charge is 2.13. The van der Waals surface area contributed by atoms with E-state index in [-0.39, 0.29) is 5.91 Å². The molecule has 0 fully saturated rings. The van der Waals surface area contributed by atoms with Crippen LogP contribution < -0.4 is 20.5 Å². The summed E-state index contributed by atoms with van der Waals surface area (Å²) in [4.78, 5) is 14.1. The van der Waals surface area contributed by atoms with Crippen molar-refractivity contribution in [2.24, 2.45) is 5.73 Å². The van der Waals surface area contributed by atoms with Crippen LogP contribution in [0.3, 0.4) is 0 Å². The maximum atomic E-state index is 11.8. The number of hydrogen-bond acceptors (Lipinski definition) is 3. The summed E-state index contributed by atoms with van der Waals surface area (Å²) in [6.07, 6.45) is 7.90. The number of aryl methyl sites for hydroxylation is 1. The van der Waals surface area contributed by atoms with Crippen LogP contribution in [-0.2, 0) is 11.3 Å². The molecule has 2 aromatic carbocycles. The Morgan fingerprint density at radius 3 is 2.44 bits per heavy atom. The van der Waals surface area contributed by atoms with Gasteiger partial charge in [-0.2, -0.15) is 4.57 Å². The monoisotopic (exact) mass is 459 g/mol. The number of amides is 1. The molecular formula is C29H39N4O+. The number of benzene rings is 2. The predicted octanol–water partition coefficient (Wildman–Crippen LogP) is 4.78. The topological polar surface area (TPSA) is 62.2 Å². The van der Waals surface area contributed by atoms with Crippen molar-refractivity contribution >= 4 is 34.6 Å². The number of rotatable bonds is 13. The zero-order valence-corrected chi connectivity index (χ0v) is 20.7. The quantitative estimate of drug-likeness (QED) is 0.286. The molecule has 3 rings (SSSR count). The summed E-state index contributed by atoms with van der Waals surface area (Å²) in [6, 6.07) is 21.7. The zero-order chi connectivity index (χ0) is 24.2. The van der Waals surface area contributed by atoms with Crippen molar-refractivity contribution in [2.45, 2.75) is 46.1 Å². The number of carbonyl (C=O) groups is 1. The molecule has 0 saturated carbocycles. The van der Waals surface area contributed by atoms with Gasteiger partial charge in [-0.25, -0.2) is 0 Å². The third-order valence-electron chi connectivity index (χ3n) is 6.19. The lowest BCUT2D eigenvalue weighted by atomic mass is 10.1. The van der Waals surface area contributed by atoms with E-state index in [1.807, 2.05) is 0 Å². The molecule has 1 amide bonds. The molecule has 1 aromatic heterocycles. The molecule has 0 bridgehead atoms. The number of pyridine rings is 1. The molecule has 0 aliphatic rings. The smallest absolute Gasteiger partial charge is 0.220 e. The van der Waals surface area contributed by atoms with E-state index in [0.29, 0.717) is 19.5 Å². The van der Waals surface area contributed by atoms with E-state index >= 15 is 0 Å². The van der Waals surface area contributed by atoms with Crippen LogP contribution in [0.15, 0.2) is 60.7 Å². The van der Waals surface area contributed by atoms with Crippen LogP contribution in [0.5, 0.6) is 0 Å². The summed E-state index contributed by atoms with van der Waals surface area (Å²) < 4.78 is 2.39. The number of unbranched alkanes of at least 4 members (excludes halogenated alkanes) is 2. The SMILES string of the molecule is CCN(CC)c1ccc(/C=C/c2ccc3ccccc3[n+]2CCCCCC(=O)NCCN)cc1. The van der Waals surface area contributed by atoms with E-state index in [0.717, 1.165) is 38.9 Å². The minimum absolute atomic E-state index is 0.0962. The molecule has 0 aliphatic heterocycles. The number of hydrogen-bond donors (Lipinski definition) is 2. The van der Waals surface area contributed by atoms with Gasteiger partial charge in [0.1, 0.15) is 6.54 Å². The molecule has 180 valence electrons. The Morgan fingerprint density at radius 2 is 1.71 bits per heavy atom. The third kappa shape index (κ3) is 7.16. The van der Waals surface area contributed by atoms with Crippen LogP contribution >= 0.6 is 0 Å². The molecule has 34 heavy (non-hydrogen) atoms. The second kappa shape index (κ2) is 13.5. The minimum Gasteiger partial charge on any atom is -0.372 e. The van der Waals surface area contributed by atoms with Crippen molar-refractivity contribution in [3.63, 3.8) is 0 Å². The lowest BCUT2D eigenvalue weighted by molar-refractivity contribution is -0.673. The molecule has 5 heteroatoms. The van der Waals surface area contributed by atoms with Crippen LogP contribution in [0.2, 0.25) is 0 Å². The molecule has 1 heterocycles. The second-order valence-corrected chi connectivity index (χ2v) is 8.52. The normalized spacial score (nSPS) is 11.3. The first-order valence-electron chi connectivity index (χ1n) is 12.6. The number of nitrogens with one attached hydrogen (secondary N) is 1. The van der Waals surface area contributed by atoms with Crippen LogP contribution in [0.25, 0.3) is 23.1 Å². The Morgan fingerprint density at radius 1 is 0.941 bits per heavy atom. The van der Waals surface area contributed by atoms with Gasteiger partial charge < -0.3 is 16.0 Å². The van der Waals surface area contributed by atoms with E-state index in [4.69, 9.17) is 5.73 Å². The lowest BCUT2D eigenvalue weighted by Gasteiger charge is -2.20. The van der Waals surface area contributed by atoms with Gasteiger partial charge >= 0.3 is 0 Å². The maximum Gasteiger partial charge on any atom is 0.220 e. The van der Waals surface area contributed by atoms with Gasteiger partial charge in [0.25, 0.3) is 0 Å². The van der Waals surface area contributed by atoms with E-state index in [2.05, 4.69) is 101 Å². The van der Waals surface area contributed by atoms with Crippen molar-refractivity contribution < 1.29 is 9.36 Å². The lowest BCUT2D eigenvalue weighted by Crippen LogP contribution is -2.38. The minimum atomic E-state index is 0.0962. The second-order valence-electron chi connectivity index (χ2n) is 8.52. The molecule has 0 atom stereocenters. The Hall–Kier alpha value is -3.18. The summed E-state index contributed by atoms with van der Waals surface area (Å²) in [5, 5.41) is 4.08. The highest BCUT2D eigenvalue weighted by atomic mass is 16.1. The van der Waals surface area contributed by atoms with Crippen LogP contribution in [0, 0.1) is 0 Å². The average Bonchev–Trinajstić information content (AvgIpc) is 2.87. The Kier molecular flexibility index (Phi) is 10.1. The summed E-state index contributed by atoms with van der Waals surface area (Å²) >= 11 is 0. The first-order valence-corrected chi connectivity index (χ1v) is 12.6. The Bertz CT molecular complexity index is 1070. The summed E-state index contributed by atoms with van der Waals surface area (Å²) in [5.41, 5.74) is 10.3. The first kappa shape index (κ1) is 25.4. The highest BCUT2D eigenvalue weighted by molar-refractivity contribution is 5.77. The van der Waals surface area contributed by atoms with Crippen molar-refractivity contribution in [3.05, 3.63) is 71.9 Å². The summed E-state index contributed by atoms with van der Waals surface area (Å²) in [6.45, 7) is 8.37. The average molecular weight is 460 g/mol. The molecule has 3 N–H and O–H groups in total. The van der Waals surface area contributed by atoms with Gasteiger partial charge in [0.2, 0.25) is 17.1 Å². The molecule has 0 spiro atoms. The van der Waals surface area contributed by atoms with E-state index in [9.17, 15) is 4.79 Å². The molecule has 5 nitrogen and oxygen atoms in total. The van der Waals surface area contributed by atoms with Gasteiger partial charge in [0, 0.05) is 68.3 Å². The van der Waals surface area contributed by atoms with Gasteiger partial charge in [-0.3, -0.25) is 4.79 Å². The van der Waals surface area contributed by atoms with Crippen molar-refractivity contribution in [1.82, 2.24) is 5.32 Å². The van der Waals surface area contributed by atoms with E-state index in [1.165, 1.54) is 27.8 Å². The number of anilines is 1. The van der Waals surface area contributed by atoms with Crippen molar-refractivity contribution in [1.29, 1.82) is 0 Å². The molecule has 0 aliphatic carbocycles. The van der Waals surface area contributed by atoms with Gasteiger partial charge in [-0.15, -0.1) is 0 Å². The van der Waals surface area contributed by atoms with Crippen LogP contribution in [0.1, 0.15) is 50.8 Å². The summed E-state index contributed by atoms with van der Waals surface area (Å²) in [7, 11) is 0. The van der Waals surface area contributed by atoms with E-state index in [1.54, 1.807) is 0 Å². The molecule has 0 unspecified atom stereocenters. The number of nitrogens with zero attached hydrogens (tertiary/aromatic N) is 2. The van der Waals surface area contributed by atoms with Crippen molar-refractivity contribution in [2.75, 3.05) is 31.1 Å². The number of para-hydroxylation sites is 1.